The molecular weight excluding hydrogens is 312 g/mol. The van der Waals surface area contributed by atoms with E-state index in [2.05, 4.69) is 10.4 Å². The van der Waals surface area contributed by atoms with Gasteiger partial charge in [-0.1, -0.05) is 48.9 Å². The summed E-state index contributed by atoms with van der Waals surface area (Å²) in [6.45, 7) is 3.00. The van der Waals surface area contributed by atoms with Gasteiger partial charge in [-0.05, 0) is 18.1 Å². The van der Waals surface area contributed by atoms with Gasteiger partial charge in [-0.2, -0.15) is 10.4 Å². The maximum atomic E-state index is 11.9. The molecule has 0 aliphatic heterocycles. The van der Waals surface area contributed by atoms with E-state index >= 15 is 0 Å². The molecule has 0 aliphatic carbocycles. The molecule has 5 nitrogen and oxygen atoms in total. The molecule has 0 unspecified atom stereocenters. The molecule has 0 saturated carbocycles. The van der Waals surface area contributed by atoms with Crippen molar-refractivity contribution in [3.8, 4) is 6.07 Å². The van der Waals surface area contributed by atoms with Gasteiger partial charge >= 0.3 is 0 Å². The van der Waals surface area contributed by atoms with E-state index in [1.54, 1.807) is 10.9 Å². The van der Waals surface area contributed by atoms with Crippen molar-refractivity contribution >= 4 is 23.6 Å². The van der Waals surface area contributed by atoms with E-state index in [1.165, 1.54) is 6.08 Å². The zero-order chi connectivity index (χ0) is 16.7. The van der Waals surface area contributed by atoms with Crippen LogP contribution in [0.1, 0.15) is 24.5 Å². The Morgan fingerprint density at radius 2 is 2.17 bits per heavy atom. The molecule has 6 heteroatoms. The number of carbonyl (C=O) groups is 1. The highest BCUT2D eigenvalue weighted by Gasteiger charge is 2.12. The Morgan fingerprint density at radius 1 is 1.43 bits per heavy atom. The minimum Gasteiger partial charge on any atom is -0.351 e. The van der Waals surface area contributed by atoms with Crippen LogP contribution in [0.3, 0.4) is 0 Å². The first kappa shape index (κ1) is 16.8. The lowest BCUT2D eigenvalue weighted by Gasteiger charge is -2.04. The minimum absolute atomic E-state index is 0.0135. The maximum absolute atomic E-state index is 11.9. The highest BCUT2D eigenvalue weighted by Crippen LogP contribution is 2.19. The van der Waals surface area contributed by atoms with Gasteiger partial charge in [-0.25, -0.2) is 4.68 Å². The third-order valence-electron chi connectivity index (χ3n) is 3.18. The molecule has 0 radical (unpaired) electrons. The van der Waals surface area contributed by atoms with E-state index in [1.807, 2.05) is 43.3 Å². The number of hydrogen-bond acceptors (Lipinski definition) is 3. The Bertz CT molecular complexity index is 744. The summed E-state index contributed by atoms with van der Waals surface area (Å²) in [4.78, 5) is 11.9. The van der Waals surface area contributed by atoms with Crippen LogP contribution in [0.2, 0.25) is 5.15 Å². The SMILES string of the molecule is CCCNC(=O)/C(C#N)=C/c1cnn(Cc2ccccc2)c1Cl. The monoisotopic (exact) mass is 328 g/mol. The molecular formula is C17H17ClN4O. The highest BCUT2D eigenvalue weighted by atomic mass is 35.5. The zero-order valence-corrected chi connectivity index (χ0v) is 13.5. The average molecular weight is 329 g/mol. The van der Waals surface area contributed by atoms with Crippen LogP contribution in [0.15, 0.2) is 42.1 Å². The number of benzene rings is 1. The molecule has 118 valence electrons. The van der Waals surface area contributed by atoms with Gasteiger partial charge in [0.05, 0.1) is 12.7 Å². The summed E-state index contributed by atoms with van der Waals surface area (Å²) in [6, 6.07) is 11.7. The van der Waals surface area contributed by atoms with Crippen molar-refractivity contribution in [3.63, 3.8) is 0 Å². The van der Waals surface area contributed by atoms with Crippen molar-refractivity contribution in [2.75, 3.05) is 6.54 Å². The molecule has 0 fully saturated rings. The molecule has 0 atom stereocenters. The van der Waals surface area contributed by atoms with Crippen LogP contribution in [0, 0.1) is 11.3 Å². The van der Waals surface area contributed by atoms with Crippen LogP contribution < -0.4 is 5.32 Å². The Balaban J connectivity index is 2.19. The lowest BCUT2D eigenvalue weighted by Crippen LogP contribution is -2.25. The second-order valence-corrected chi connectivity index (χ2v) is 5.32. The Hall–Kier alpha value is -2.58. The molecule has 1 amide bonds. The molecule has 1 heterocycles. The predicted molar refractivity (Wildman–Crippen MR) is 89.7 cm³/mol. The zero-order valence-electron chi connectivity index (χ0n) is 12.8. The van der Waals surface area contributed by atoms with Gasteiger partial charge in [0.2, 0.25) is 0 Å². The quantitative estimate of drug-likeness (QED) is 0.654. The topological polar surface area (TPSA) is 70.7 Å². The van der Waals surface area contributed by atoms with Gasteiger partial charge in [-0.15, -0.1) is 0 Å². The number of aromatic nitrogens is 2. The third kappa shape index (κ3) is 4.44. The van der Waals surface area contributed by atoms with Crippen molar-refractivity contribution in [1.29, 1.82) is 5.26 Å². The average Bonchev–Trinajstić information content (AvgIpc) is 2.91. The van der Waals surface area contributed by atoms with E-state index in [-0.39, 0.29) is 5.57 Å². The first-order chi connectivity index (χ1) is 11.2. The number of rotatable bonds is 6. The van der Waals surface area contributed by atoms with Crippen LogP contribution >= 0.6 is 11.6 Å². The molecule has 0 bridgehead atoms. The number of nitrogens with zero attached hydrogens (tertiary/aromatic N) is 3. The summed E-state index contributed by atoms with van der Waals surface area (Å²) >= 11 is 6.30. The van der Waals surface area contributed by atoms with Gasteiger partial charge in [0, 0.05) is 12.1 Å². The lowest BCUT2D eigenvalue weighted by molar-refractivity contribution is -0.117. The number of nitriles is 1. The van der Waals surface area contributed by atoms with E-state index in [9.17, 15) is 4.79 Å². The largest absolute Gasteiger partial charge is 0.351 e. The predicted octanol–water partition coefficient (Wildman–Crippen LogP) is 3.02. The number of amides is 1. The summed E-state index contributed by atoms with van der Waals surface area (Å²) < 4.78 is 1.63. The fraction of sp³-hybridized carbons (Fsp3) is 0.235. The minimum atomic E-state index is -0.402. The molecule has 23 heavy (non-hydrogen) atoms. The summed E-state index contributed by atoms with van der Waals surface area (Å²) in [5, 5.41) is 16.4. The standard InChI is InChI=1S/C17H17ClN4O/c1-2-8-20-17(23)14(10-19)9-15-11-21-22(16(15)18)12-13-6-4-3-5-7-13/h3-7,9,11H,2,8,12H2,1H3,(H,20,23)/b14-9+. The lowest BCUT2D eigenvalue weighted by atomic mass is 10.2. The molecule has 1 aromatic carbocycles. The first-order valence-electron chi connectivity index (χ1n) is 7.31. The van der Waals surface area contributed by atoms with Gasteiger partial charge in [0.1, 0.15) is 16.8 Å². The number of hydrogen-bond donors (Lipinski definition) is 1. The molecule has 0 spiro atoms. The summed E-state index contributed by atoms with van der Waals surface area (Å²) in [6.07, 6.45) is 3.82. The van der Waals surface area contributed by atoms with Crippen LogP contribution in [-0.4, -0.2) is 22.2 Å². The van der Waals surface area contributed by atoms with Crippen molar-refractivity contribution in [3.05, 3.63) is 58.4 Å². The number of halogens is 1. The van der Waals surface area contributed by atoms with Crippen LogP contribution in [0.4, 0.5) is 0 Å². The van der Waals surface area contributed by atoms with Crippen LogP contribution in [0.25, 0.3) is 6.08 Å². The van der Waals surface area contributed by atoms with E-state index < -0.39 is 5.91 Å². The van der Waals surface area contributed by atoms with Crippen molar-refractivity contribution < 1.29 is 4.79 Å². The Kier molecular flexibility index (Phi) is 5.95. The van der Waals surface area contributed by atoms with E-state index in [0.717, 1.165) is 12.0 Å². The van der Waals surface area contributed by atoms with Gasteiger partial charge in [-0.3, -0.25) is 4.79 Å². The molecule has 0 saturated heterocycles. The van der Waals surface area contributed by atoms with E-state index in [0.29, 0.717) is 23.8 Å². The van der Waals surface area contributed by atoms with Crippen molar-refractivity contribution in [1.82, 2.24) is 15.1 Å². The smallest absolute Gasteiger partial charge is 0.261 e. The second-order valence-electron chi connectivity index (χ2n) is 4.96. The van der Waals surface area contributed by atoms with Gasteiger partial charge in [0.25, 0.3) is 5.91 Å². The van der Waals surface area contributed by atoms with Crippen molar-refractivity contribution in [2.24, 2.45) is 0 Å². The number of carbonyl (C=O) groups excluding carboxylic acids is 1. The Labute approximate surface area is 140 Å². The first-order valence-corrected chi connectivity index (χ1v) is 7.68. The van der Waals surface area contributed by atoms with Gasteiger partial charge < -0.3 is 5.32 Å². The normalized spacial score (nSPS) is 11.1. The third-order valence-corrected chi connectivity index (χ3v) is 3.59. The maximum Gasteiger partial charge on any atom is 0.261 e. The molecule has 1 aromatic heterocycles. The fourth-order valence-corrected chi connectivity index (χ4v) is 2.19. The molecule has 1 N–H and O–H groups in total. The highest BCUT2D eigenvalue weighted by molar-refractivity contribution is 6.31. The summed E-state index contributed by atoms with van der Waals surface area (Å²) in [5.41, 5.74) is 1.62. The summed E-state index contributed by atoms with van der Waals surface area (Å²) in [5.74, 6) is -0.402. The molecule has 2 rings (SSSR count). The van der Waals surface area contributed by atoms with Crippen LogP contribution in [-0.2, 0) is 11.3 Å². The second kappa shape index (κ2) is 8.16. The van der Waals surface area contributed by atoms with Crippen molar-refractivity contribution in [2.45, 2.75) is 19.9 Å². The Morgan fingerprint density at radius 3 is 2.83 bits per heavy atom. The number of nitrogens with one attached hydrogen (secondary N) is 1. The molecule has 0 aliphatic rings. The van der Waals surface area contributed by atoms with Crippen LogP contribution in [0.5, 0.6) is 0 Å². The van der Waals surface area contributed by atoms with Gasteiger partial charge in [0.15, 0.2) is 0 Å². The van der Waals surface area contributed by atoms with E-state index in [4.69, 9.17) is 16.9 Å². The molecule has 2 aromatic rings. The summed E-state index contributed by atoms with van der Waals surface area (Å²) in [7, 11) is 0. The fourth-order valence-electron chi connectivity index (χ4n) is 1.99.